The number of rotatable bonds is 5. The number of pyridine rings is 1. The maximum absolute atomic E-state index is 12.8. The number of halogens is 3. The minimum Gasteiger partial charge on any atom is -0.383 e. The van der Waals surface area contributed by atoms with E-state index in [1.807, 2.05) is 6.07 Å². The molecule has 1 amide bonds. The van der Waals surface area contributed by atoms with E-state index in [-0.39, 0.29) is 29.3 Å². The first-order chi connectivity index (χ1) is 15.6. The molecule has 3 aromatic rings. The number of carbonyl (C=O) groups is 1. The Balaban J connectivity index is 1.97. The van der Waals surface area contributed by atoms with E-state index in [4.69, 9.17) is 5.73 Å². The van der Waals surface area contributed by atoms with Crippen LogP contribution in [0.15, 0.2) is 48.5 Å². The predicted octanol–water partition coefficient (Wildman–Crippen LogP) is 4.84. The van der Waals surface area contributed by atoms with E-state index >= 15 is 0 Å². The van der Waals surface area contributed by atoms with Crippen LogP contribution in [0.1, 0.15) is 34.9 Å². The molecule has 0 spiro atoms. The summed E-state index contributed by atoms with van der Waals surface area (Å²) in [5.41, 5.74) is 7.87. The lowest BCUT2D eigenvalue weighted by Crippen LogP contribution is -2.08. The summed E-state index contributed by atoms with van der Waals surface area (Å²) in [6.45, 7) is 1.38. The lowest BCUT2D eigenvalue weighted by atomic mass is 9.92. The molecule has 0 bridgehead atoms. The third-order valence-corrected chi connectivity index (χ3v) is 4.95. The Morgan fingerprint density at radius 3 is 2.12 bits per heavy atom. The van der Waals surface area contributed by atoms with Gasteiger partial charge in [-0.2, -0.15) is 23.7 Å². The average molecular weight is 449 g/mol. The van der Waals surface area contributed by atoms with Crippen LogP contribution in [-0.4, -0.2) is 10.9 Å². The molecule has 0 aliphatic rings. The van der Waals surface area contributed by atoms with Crippen LogP contribution in [0.3, 0.4) is 0 Å². The number of aromatic nitrogens is 1. The van der Waals surface area contributed by atoms with Crippen LogP contribution >= 0.6 is 0 Å². The van der Waals surface area contributed by atoms with E-state index in [9.17, 15) is 28.5 Å². The van der Waals surface area contributed by atoms with Gasteiger partial charge in [0, 0.05) is 18.2 Å². The molecule has 3 rings (SSSR count). The smallest absolute Gasteiger partial charge is 0.383 e. The third kappa shape index (κ3) is 5.28. The molecule has 2 aromatic carbocycles. The molecule has 3 N–H and O–H groups in total. The summed E-state index contributed by atoms with van der Waals surface area (Å²) in [4.78, 5) is 15.5. The molecule has 0 aliphatic carbocycles. The molecular formula is C24H18F3N5O. The van der Waals surface area contributed by atoms with Crippen molar-refractivity contribution in [1.29, 1.82) is 10.5 Å². The van der Waals surface area contributed by atoms with Crippen molar-refractivity contribution < 1.29 is 18.0 Å². The molecule has 9 heteroatoms. The summed E-state index contributed by atoms with van der Waals surface area (Å²) in [6, 6.07) is 15.4. The predicted molar refractivity (Wildman–Crippen MR) is 117 cm³/mol. The van der Waals surface area contributed by atoms with Crippen LogP contribution < -0.4 is 11.1 Å². The highest BCUT2D eigenvalue weighted by atomic mass is 19.4. The number of nitrogens with zero attached hydrogens (tertiary/aromatic N) is 3. The van der Waals surface area contributed by atoms with E-state index in [2.05, 4.69) is 16.4 Å². The first kappa shape index (κ1) is 23.3. The summed E-state index contributed by atoms with van der Waals surface area (Å²) in [6.07, 6.45) is -3.85. The number of nitriles is 2. The Morgan fingerprint density at radius 2 is 1.61 bits per heavy atom. The van der Waals surface area contributed by atoms with E-state index in [1.165, 1.54) is 19.1 Å². The Bertz CT molecular complexity index is 1270. The number of anilines is 2. The van der Waals surface area contributed by atoms with Gasteiger partial charge in [0.15, 0.2) is 0 Å². The van der Waals surface area contributed by atoms with Gasteiger partial charge in [-0.05, 0) is 48.2 Å². The molecular weight excluding hydrogens is 431 g/mol. The van der Waals surface area contributed by atoms with Gasteiger partial charge in [-0.1, -0.05) is 24.3 Å². The Labute approximate surface area is 188 Å². The number of nitrogens with one attached hydrogen (secondary N) is 1. The van der Waals surface area contributed by atoms with Crippen molar-refractivity contribution in [3.8, 4) is 23.3 Å². The third-order valence-electron chi connectivity index (χ3n) is 4.95. The minimum absolute atomic E-state index is 0.0418. The second-order valence-electron chi connectivity index (χ2n) is 7.25. The molecule has 166 valence electrons. The lowest BCUT2D eigenvalue weighted by Gasteiger charge is -2.14. The number of amides is 1. The van der Waals surface area contributed by atoms with Gasteiger partial charge in [0.1, 0.15) is 23.5 Å². The molecule has 0 aliphatic heterocycles. The molecule has 0 saturated heterocycles. The van der Waals surface area contributed by atoms with Gasteiger partial charge < -0.3 is 11.1 Å². The van der Waals surface area contributed by atoms with Gasteiger partial charge in [0.2, 0.25) is 5.91 Å². The van der Waals surface area contributed by atoms with Crippen molar-refractivity contribution in [1.82, 2.24) is 4.98 Å². The fourth-order valence-corrected chi connectivity index (χ4v) is 3.40. The van der Waals surface area contributed by atoms with Gasteiger partial charge >= 0.3 is 6.18 Å². The van der Waals surface area contributed by atoms with Crippen LogP contribution in [0.25, 0.3) is 11.1 Å². The maximum atomic E-state index is 12.8. The lowest BCUT2D eigenvalue weighted by molar-refractivity contribution is -0.137. The van der Waals surface area contributed by atoms with Crippen LogP contribution in [0.2, 0.25) is 0 Å². The van der Waals surface area contributed by atoms with Crippen molar-refractivity contribution in [2.45, 2.75) is 25.9 Å². The standard InChI is InChI=1S/C24H18F3N5O/c1-14(33)31-18-9-5-16(6-10-18)22-19(12-28)21(32-23(30)20(22)13-29)11-4-15-2-7-17(8-3-15)24(25,26)27/h2-3,5-10H,4,11H2,1H3,(H2,30,32)(H,31,33). The molecule has 0 fully saturated rings. The number of carbonyl (C=O) groups excluding carboxylic acids is 1. The van der Waals surface area contributed by atoms with Crippen molar-refractivity contribution >= 4 is 17.4 Å². The van der Waals surface area contributed by atoms with E-state index in [0.29, 0.717) is 34.5 Å². The summed E-state index contributed by atoms with van der Waals surface area (Å²) >= 11 is 0. The van der Waals surface area contributed by atoms with E-state index in [0.717, 1.165) is 12.1 Å². The molecule has 0 radical (unpaired) electrons. The normalized spacial score (nSPS) is 10.8. The van der Waals surface area contributed by atoms with Gasteiger partial charge in [-0.3, -0.25) is 4.79 Å². The molecule has 0 atom stereocenters. The Hall–Kier alpha value is -4.37. The number of hydrogen-bond donors (Lipinski definition) is 2. The van der Waals surface area contributed by atoms with Gasteiger partial charge in [0.25, 0.3) is 0 Å². The monoisotopic (exact) mass is 449 g/mol. The summed E-state index contributed by atoms with van der Waals surface area (Å²) in [5.74, 6) is -0.281. The summed E-state index contributed by atoms with van der Waals surface area (Å²) < 4.78 is 38.3. The summed E-state index contributed by atoms with van der Waals surface area (Å²) in [7, 11) is 0. The van der Waals surface area contributed by atoms with Crippen LogP contribution in [0, 0.1) is 22.7 Å². The van der Waals surface area contributed by atoms with Crippen molar-refractivity contribution in [3.63, 3.8) is 0 Å². The number of benzene rings is 2. The molecule has 1 heterocycles. The van der Waals surface area contributed by atoms with Gasteiger partial charge in [-0.25, -0.2) is 4.98 Å². The number of aryl methyl sites for hydroxylation is 2. The van der Waals surface area contributed by atoms with E-state index < -0.39 is 11.7 Å². The minimum atomic E-state index is -4.42. The number of hydrogen-bond acceptors (Lipinski definition) is 5. The largest absolute Gasteiger partial charge is 0.416 e. The fourth-order valence-electron chi connectivity index (χ4n) is 3.40. The second kappa shape index (κ2) is 9.41. The van der Waals surface area contributed by atoms with Crippen molar-refractivity contribution in [2.24, 2.45) is 0 Å². The van der Waals surface area contributed by atoms with E-state index in [1.54, 1.807) is 24.3 Å². The Kier molecular flexibility index (Phi) is 6.64. The number of nitrogen functional groups attached to an aromatic ring is 1. The molecule has 0 saturated carbocycles. The fraction of sp³-hybridized carbons (Fsp3) is 0.167. The number of nitrogens with two attached hydrogens (primary N) is 1. The van der Waals surface area contributed by atoms with Crippen LogP contribution in [0.4, 0.5) is 24.7 Å². The topological polar surface area (TPSA) is 116 Å². The highest BCUT2D eigenvalue weighted by molar-refractivity contribution is 5.89. The first-order valence-electron chi connectivity index (χ1n) is 9.80. The zero-order valence-electron chi connectivity index (χ0n) is 17.5. The highest BCUT2D eigenvalue weighted by Gasteiger charge is 2.30. The van der Waals surface area contributed by atoms with Crippen molar-refractivity contribution in [2.75, 3.05) is 11.1 Å². The molecule has 33 heavy (non-hydrogen) atoms. The molecule has 6 nitrogen and oxygen atoms in total. The van der Waals surface area contributed by atoms with Gasteiger partial charge in [-0.15, -0.1) is 0 Å². The zero-order valence-corrected chi connectivity index (χ0v) is 17.5. The van der Waals surface area contributed by atoms with Crippen LogP contribution in [0.5, 0.6) is 0 Å². The Morgan fingerprint density at radius 1 is 1.00 bits per heavy atom. The SMILES string of the molecule is CC(=O)Nc1ccc(-c2c(C#N)c(N)nc(CCc3ccc(C(F)(F)F)cc3)c2C#N)cc1. The molecule has 1 aromatic heterocycles. The summed E-state index contributed by atoms with van der Waals surface area (Å²) in [5, 5.41) is 22.1. The highest BCUT2D eigenvalue weighted by Crippen LogP contribution is 2.33. The first-order valence-corrected chi connectivity index (χ1v) is 9.80. The average Bonchev–Trinajstić information content (AvgIpc) is 2.77. The van der Waals surface area contributed by atoms with Crippen molar-refractivity contribution in [3.05, 3.63) is 76.5 Å². The van der Waals surface area contributed by atoms with Gasteiger partial charge in [0.05, 0.1) is 16.8 Å². The quantitative estimate of drug-likeness (QED) is 0.578. The number of alkyl halides is 3. The second-order valence-corrected chi connectivity index (χ2v) is 7.25. The van der Waals surface area contributed by atoms with Crippen LogP contribution in [-0.2, 0) is 23.8 Å². The molecule has 0 unspecified atom stereocenters. The maximum Gasteiger partial charge on any atom is 0.416 e. The zero-order chi connectivity index (χ0) is 24.2.